The first kappa shape index (κ1) is 11.2. The van der Waals surface area contributed by atoms with Crippen molar-refractivity contribution in [3.8, 4) is 0 Å². The van der Waals surface area contributed by atoms with E-state index < -0.39 is 0 Å². The van der Waals surface area contributed by atoms with E-state index in [1.165, 1.54) is 11.3 Å². The molecule has 86 valence electrons. The molecule has 0 N–H and O–H groups in total. The highest BCUT2D eigenvalue weighted by atomic mass is 32.1. The summed E-state index contributed by atoms with van der Waals surface area (Å²) in [6.45, 7) is 4.95. The summed E-state index contributed by atoms with van der Waals surface area (Å²) in [6, 6.07) is 1.58. The number of anilines is 1. The highest BCUT2D eigenvalue weighted by Crippen LogP contribution is 2.26. The molecule has 0 radical (unpaired) electrons. The molecular formula is C12H15NO2S. The second-order valence-corrected chi connectivity index (χ2v) is 4.83. The van der Waals surface area contributed by atoms with Crippen molar-refractivity contribution in [2.24, 2.45) is 0 Å². The van der Waals surface area contributed by atoms with Crippen LogP contribution < -0.4 is 10.3 Å². The Bertz CT molecular complexity index is 556. The van der Waals surface area contributed by atoms with Gasteiger partial charge in [-0.15, -0.1) is 11.3 Å². The topological polar surface area (TPSA) is 33.5 Å². The standard InChI is InChI=1S/C12H15NO2S/c1-4-5-13(3)10-6-9(14)12-11(15-10)8(2)7-16-12/h6-7H,4-5H2,1-3H3. The normalized spacial score (nSPS) is 10.9. The van der Waals surface area contributed by atoms with E-state index in [1.54, 1.807) is 6.07 Å². The summed E-state index contributed by atoms with van der Waals surface area (Å²) in [7, 11) is 1.94. The second-order valence-electron chi connectivity index (χ2n) is 3.95. The Hall–Kier alpha value is -1.29. The summed E-state index contributed by atoms with van der Waals surface area (Å²) in [4.78, 5) is 13.8. The number of aryl methyl sites for hydroxylation is 1. The molecule has 2 heterocycles. The lowest BCUT2D eigenvalue weighted by Gasteiger charge is -2.16. The molecule has 0 spiro atoms. The fourth-order valence-electron chi connectivity index (χ4n) is 1.68. The van der Waals surface area contributed by atoms with Gasteiger partial charge < -0.3 is 9.32 Å². The lowest BCUT2D eigenvalue weighted by molar-refractivity contribution is 0.582. The second kappa shape index (κ2) is 4.29. The van der Waals surface area contributed by atoms with Crippen molar-refractivity contribution in [1.29, 1.82) is 0 Å². The average Bonchev–Trinajstić information content (AvgIpc) is 2.61. The SMILES string of the molecule is CCCN(C)c1cc(=O)c2scc(C)c2o1. The fraction of sp³-hybridized carbons (Fsp3) is 0.417. The van der Waals surface area contributed by atoms with Crippen LogP contribution in [0.15, 0.2) is 20.7 Å². The predicted molar refractivity (Wildman–Crippen MR) is 68.7 cm³/mol. The Morgan fingerprint density at radius 1 is 1.50 bits per heavy atom. The lowest BCUT2D eigenvalue weighted by Crippen LogP contribution is -2.19. The van der Waals surface area contributed by atoms with Crippen LogP contribution in [-0.2, 0) is 0 Å². The molecular weight excluding hydrogens is 222 g/mol. The van der Waals surface area contributed by atoms with Crippen LogP contribution in [0.1, 0.15) is 18.9 Å². The van der Waals surface area contributed by atoms with Gasteiger partial charge in [0.15, 0.2) is 11.5 Å². The molecule has 2 aromatic rings. The Balaban J connectivity index is 2.56. The molecule has 2 rings (SSSR count). The molecule has 16 heavy (non-hydrogen) atoms. The summed E-state index contributed by atoms with van der Waals surface area (Å²) < 4.78 is 6.48. The molecule has 0 bridgehead atoms. The minimum atomic E-state index is 0.0531. The Morgan fingerprint density at radius 2 is 2.25 bits per heavy atom. The summed E-state index contributed by atoms with van der Waals surface area (Å²) in [5.74, 6) is 0.654. The molecule has 0 aromatic carbocycles. The van der Waals surface area contributed by atoms with Crippen LogP contribution >= 0.6 is 11.3 Å². The average molecular weight is 237 g/mol. The predicted octanol–water partition coefficient (Wildman–Crippen LogP) is 3.01. The van der Waals surface area contributed by atoms with E-state index in [0.29, 0.717) is 10.6 Å². The fourth-order valence-corrected chi connectivity index (χ4v) is 2.56. The quantitative estimate of drug-likeness (QED) is 0.822. The number of nitrogens with zero attached hydrogens (tertiary/aromatic N) is 1. The van der Waals surface area contributed by atoms with E-state index in [9.17, 15) is 4.79 Å². The summed E-state index contributed by atoms with van der Waals surface area (Å²) in [6.07, 6.45) is 1.03. The van der Waals surface area contributed by atoms with Crippen molar-refractivity contribution in [3.05, 3.63) is 27.2 Å². The van der Waals surface area contributed by atoms with Crippen LogP contribution in [0, 0.1) is 6.92 Å². The van der Waals surface area contributed by atoms with Gasteiger partial charge in [-0.1, -0.05) is 6.92 Å². The Morgan fingerprint density at radius 3 is 2.94 bits per heavy atom. The third kappa shape index (κ3) is 1.85. The van der Waals surface area contributed by atoms with Crippen LogP contribution in [0.4, 0.5) is 5.88 Å². The number of rotatable bonds is 3. The first-order valence-corrected chi connectivity index (χ1v) is 6.24. The van der Waals surface area contributed by atoms with Crippen LogP contribution in [0.3, 0.4) is 0 Å². The summed E-state index contributed by atoms with van der Waals surface area (Å²) >= 11 is 1.45. The molecule has 0 saturated carbocycles. The molecule has 0 aliphatic carbocycles. The maximum absolute atomic E-state index is 11.8. The molecule has 4 heteroatoms. The van der Waals surface area contributed by atoms with Crippen LogP contribution in [0.25, 0.3) is 10.3 Å². The van der Waals surface area contributed by atoms with Gasteiger partial charge >= 0.3 is 0 Å². The highest BCUT2D eigenvalue weighted by Gasteiger charge is 2.11. The molecule has 0 amide bonds. The smallest absolute Gasteiger partial charge is 0.204 e. The third-order valence-electron chi connectivity index (χ3n) is 2.54. The lowest BCUT2D eigenvalue weighted by atomic mass is 10.3. The van der Waals surface area contributed by atoms with Gasteiger partial charge in [-0.25, -0.2) is 0 Å². The van der Waals surface area contributed by atoms with E-state index in [-0.39, 0.29) is 5.43 Å². The van der Waals surface area contributed by atoms with Gasteiger partial charge in [0.25, 0.3) is 0 Å². The summed E-state index contributed by atoms with van der Waals surface area (Å²) in [5, 5.41) is 1.96. The largest absolute Gasteiger partial charge is 0.439 e. The van der Waals surface area contributed by atoms with Gasteiger partial charge in [0.1, 0.15) is 4.70 Å². The van der Waals surface area contributed by atoms with Crippen molar-refractivity contribution < 1.29 is 4.42 Å². The van der Waals surface area contributed by atoms with E-state index in [0.717, 1.165) is 24.1 Å². The third-order valence-corrected chi connectivity index (χ3v) is 3.63. The minimum Gasteiger partial charge on any atom is -0.439 e. The number of hydrogen-bond acceptors (Lipinski definition) is 4. The minimum absolute atomic E-state index is 0.0531. The number of hydrogen-bond donors (Lipinski definition) is 0. The Labute approximate surface area is 98.3 Å². The zero-order chi connectivity index (χ0) is 11.7. The van der Waals surface area contributed by atoms with E-state index in [2.05, 4.69) is 6.92 Å². The molecule has 0 aliphatic rings. The maximum atomic E-state index is 11.8. The monoisotopic (exact) mass is 237 g/mol. The van der Waals surface area contributed by atoms with E-state index in [4.69, 9.17) is 4.42 Å². The van der Waals surface area contributed by atoms with Gasteiger partial charge in [-0.2, -0.15) is 0 Å². The van der Waals surface area contributed by atoms with Crippen molar-refractivity contribution in [2.45, 2.75) is 20.3 Å². The molecule has 0 aliphatic heterocycles. The van der Waals surface area contributed by atoms with Gasteiger partial charge in [0.2, 0.25) is 5.43 Å². The van der Waals surface area contributed by atoms with E-state index in [1.807, 2.05) is 24.3 Å². The van der Waals surface area contributed by atoms with Crippen molar-refractivity contribution in [1.82, 2.24) is 0 Å². The van der Waals surface area contributed by atoms with Crippen LogP contribution in [-0.4, -0.2) is 13.6 Å². The van der Waals surface area contributed by atoms with Gasteiger partial charge in [-0.3, -0.25) is 4.79 Å². The molecule has 2 aromatic heterocycles. The number of thiophene rings is 1. The highest BCUT2D eigenvalue weighted by molar-refractivity contribution is 7.17. The van der Waals surface area contributed by atoms with Gasteiger partial charge in [-0.05, 0) is 18.7 Å². The molecule has 0 saturated heterocycles. The van der Waals surface area contributed by atoms with Crippen molar-refractivity contribution in [2.75, 3.05) is 18.5 Å². The zero-order valence-corrected chi connectivity index (χ0v) is 10.6. The zero-order valence-electron chi connectivity index (χ0n) is 9.74. The first-order chi connectivity index (χ1) is 7.63. The van der Waals surface area contributed by atoms with E-state index >= 15 is 0 Å². The molecule has 0 fully saturated rings. The maximum Gasteiger partial charge on any atom is 0.204 e. The summed E-state index contributed by atoms with van der Waals surface area (Å²) in [5.41, 5.74) is 1.82. The molecule has 0 unspecified atom stereocenters. The van der Waals surface area contributed by atoms with Gasteiger partial charge in [0, 0.05) is 25.2 Å². The number of fused-ring (bicyclic) bond motifs is 1. The van der Waals surface area contributed by atoms with Crippen LogP contribution in [0.2, 0.25) is 0 Å². The first-order valence-electron chi connectivity index (χ1n) is 5.36. The van der Waals surface area contributed by atoms with Crippen molar-refractivity contribution >= 4 is 27.5 Å². The van der Waals surface area contributed by atoms with Crippen LogP contribution in [0.5, 0.6) is 0 Å². The Kier molecular flexibility index (Phi) is 3.01. The van der Waals surface area contributed by atoms with Gasteiger partial charge in [0.05, 0.1) is 0 Å². The van der Waals surface area contributed by atoms with Crippen molar-refractivity contribution in [3.63, 3.8) is 0 Å². The molecule has 3 nitrogen and oxygen atoms in total. The molecule has 0 atom stereocenters.